The number of nitrogens with zero attached hydrogens (tertiary/aromatic N) is 1. The molecule has 0 radical (unpaired) electrons. The molecule has 2 aromatic carbocycles. The number of morpholine rings is 1. The van der Waals surface area contributed by atoms with Gasteiger partial charge >= 0.3 is 0 Å². The zero-order valence-electron chi connectivity index (χ0n) is 15.6. The van der Waals surface area contributed by atoms with E-state index in [9.17, 15) is 13.2 Å². The van der Waals surface area contributed by atoms with E-state index in [4.69, 9.17) is 21.1 Å². The number of amides is 1. The molecule has 154 valence electrons. The van der Waals surface area contributed by atoms with Gasteiger partial charge in [0.15, 0.2) is 0 Å². The number of benzene rings is 2. The van der Waals surface area contributed by atoms with Gasteiger partial charge in [0, 0.05) is 24.8 Å². The van der Waals surface area contributed by atoms with Crippen molar-refractivity contribution in [1.29, 1.82) is 0 Å². The molecule has 1 heterocycles. The average molecular weight is 437 g/mol. The molecule has 0 bridgehead atoms. The molecular weight excluding hydrogens is 416 g/mol. The fourth-order valence-electron chi connectivity index (χ4n) is 2.79. The van der Waals surface area contributed by atoms with Gasteiger partial charge in [-0.15, -0.1) is 0 Å². The Hall–Kier alpha value is -2.39. The number of hydrogen-bond donors (Lipinski definition) is 1. The van der Waals surface area contributed by atoms with Crippen LogP contribution >= 0.6 is 11.6 Å². The number of halogens is 1. The van der Waals surface area contributed by atoms with Crippen LogP contribution in [0.5, 0.6) is 5.75 Å². The summed E-state index contributed by atoms with van der Waals surface area (Å²) in [5.74, 6) is 0.0485. The minimum atomic E-state index is -3.74. The standard InChI is InChI=1S/C20H21ClN2O5S/c1-2-10-28-16-5-3-4-15(13-16)22-20(24)18-14-17(6-7-19(18)21)29(25,26)23-8-11-27-12-9-23/h2-7,13-14H,1,8-12H2,(H,22,24). The van der Waals surface area contributed by atoms with Gasteiger partial charge < -0.3 is 14.8 Å². The predicted molar refractivity (Wildman–Crippen MR) is 111 cm³/mol. The Balaban J connectivity index is 1.82. The topological polar surface area (TPSA) is 84.9 Å². The monoisotopic (exact) mass is 436 g/mol. The summed E-state index contributed by atoms with van der Waals surface area (Å²) in [6.45, 7) is 5.14. The molecule has 0 aromatic heterocycles. The number of sulfonamides is 1. The molecule has 1 N–H and O–H groups in total. The fraction of sp³-hybridized carbons (Fsp3) is 0.250. The zero-order valence-corrected chi connectivity index (χ0v) is 17.2. The van der Waals surface area contributed by atoms with E-state index >= 15 is 0 Å². The molecule has 9 heteroatoms. The summed E-state index contributed by atoms with van der Waals surface area (Å²) >= 11 is 6.17. The fourth-order valence-corrected chi connectivity index (χ4v) is 4.43. The van der Waals surface area contributed by atoms with Gasteiger partial charge in [0.1, 0.15) is 12.4 Å². The maximum Gasteiger partial charge on any atom is 0.257 e. The second-order valence-electron chi connectivity index (χ2n) is 6.24. The number of ether oxygens (including phenoxy) is 2. The van der Waals surface area contributed by atoms with Crippen molar-refractivity contribution >= 4 is 33.2 Å². The summed E-state index contributed by atoms with van der Waals surface area (Å²) in [4.78, 5) is 12.7. The second kappa shape index (κ2) is 9.41. The lowest BCUT2D eigenvalue weighted by Crippen LogP contribution is -2.40. The molecule has 0 aliphatic carbocycles. The molecule has 0 atom stereocenters. The van der Waals surface area contributed by atoms with Gasteiger partial charge in [-0.1, -0.05) is 30.3 Å². The first-order valence-electron chi connectivity index (χ1n) is 8.94. The number of hydrogen-bond acceptors (Lipinski definition) is 5. The van der Waals surface area contributed by atoms with Gasteiger partial charge in [0.2, 0.25) is 10.0 Å². The zero-order chi connectivity index (χ0) is 20.9. The Morgan fingerprint density at radius 3 is 2.72 bits per heavy atom. The van der Waals surface area contributed by atoms with Gasteiger partial charge in [-0.3, -0.25) is 4.79 Å². The van der Waals surface area contributed by atoms with Crippen molar-refractivity contribution in [2.45, 2.75) is 4.90 Å². The third-order valence-electron chi connectivity index (χ3n) is 4.25. The molecule has 1 aliphatic heterocycles. The van der Waals surface area contributed by atoms with Gasteiger partial charge in [-0.25, -0.2) is 8.42 Å². The van der Waals surface area contributed by atoms with Crippen LogP contribution < -0.4 is 10.1 Å². The summed E-state index contributed by atoms with van der Waals surface area (Å²) in [6, 6.07) is 10.9. The maximum atomic E-state index is 12.8. The first-order valence-corrected chi connectivity index (χ1v) is 10.8. The third-order valence-corrected chi connectivity index (χ3v) is 6.47. The maximum absolute atomic E-state index is 12.8. The summed E-state index contributed by atoms with van der Waals surface area (Å²) in [7, 11) is -3.74. The van der Waals surface area contributed by atoms with E-state index in [1.54, 1.807) is 30.3 Å². The van der Waals surface area contributed by atoms with Gasteiger partial charge in [0.25, 0.3) is 5.91 Å². The minimum Gasteiger partial charge on any atom is -0.489 e. The summed E-state index contributed by atoms with van der Waals surface area (Å²) in [5, 5.41) is 2.87. The van der Waals surface area contributed by atoms with Crippen LogP contribution in [0.4, 0.5) is 5.69 Å². The highest BCUT2D eigenvalue weighted by Crippen LogP contribution is 2.25. The van der Waals surface area contributed by atoms with Crippen LogP contribution in [0.15, 0.2) is 60.0 Å². The molecule has 0 saturated carbocycles. The molecule has 7 nitrogen and oxygen atoms in total. The smallest absolute Gasteiger partial charge is 0.257 e. The number of anilines is 1. The predicted octanol–water partition coefficient (Wildman–Crippen LogP) is 3.18. The highest BCUT2D eigenvalue weighted by molar-refractivity contribution is 7.89. The van der Waals surface area contributed by atoms with E-state index in [0.29, 0.717) is 31.3 Å². The van der Waals surface area contributed by atoms with Crippen molar-refractivity contribution in [3.63, 3.8) is 0 Å². The molecule has 29 heavy (non-hydrogen) atoms. The Morgan fingerprint density at radius 1 is 1.24 bits per heavy atom. The quantitative estimate of drug-likeness (QED) is 0.674. The number of carbonyl (C=O) groups is 1. The second-order valence-corrected chi connectivity index (χ2v) is 8.58. The molecule has 0 spiro atoms. The van der Waals surface area contributed by atoms with Crippen molar-refractivity contribution in [3.8, 4) is 5.75 Å². The van der Waals surface area contributed by atoms with E-state index in [-0.39, 0.29) is 28.6 Å². The largest absolute Gasteiger partial charge is 0.489 e. The molecule has 0 unspecified atom stereocenters. The van der Waals surface area contributed by atoms with Gasteiger partial charge in [-0.2, -0.15) is 4.31 Å². The SMILES string of the molecule is C=CCOc1cccc(NC(=O)c2cc(S(=O)(=O)N3CCOCC3)ccc2Cl)c1. The molecule has 1 aliphatic rings. The lowest BCUT2D eigenvalue weighted by molar-refractivity contribution is 0.0730. The van der Waals surface area contributed by atoms with Crippen LogP contribution in [-0.2, 0) is 14.8 Å². The van der Waals surface area contributed by atoms with Crippen LogP contribution in [-0.4, -0.2) is 51.5 Å². The van der Waals surface area contributed by atoms with E-state index < -0.39 is 15.9 Å². The Labute approximate surface area is 174 Å². The van der Waals surface area contributed by atoms with Crippen LogP contribution in [0.2, 0.25) is 5.02 Å². The molecule has 1 saturated heterocycles. The van der Waals surface area contributed by atoms with Gasteiger partial charge in [0.05, 0.1) is 28.7 Å². The summed E-state index contributed by atoms with van der Waals surface area (Å²) < 4.78 is 37.7. The highest BCUT2D eigenvalue weighted by atomic mass is 35.5. The molecule has 1 fully saturated rings. The number of carbonyl (C=O) groups excluding carboxylic acids is 1. The Bertz CT molecular complexity index is 1000. The third kappa shape index (κ3) is 5.16. The lowest BCUT2D eigenvalue weighted by Gasteiger charge is -2.26. The first kappa shape index (κ1) is 21.3. The van der Waals surface area contributed by atoms with E-state index in [1.165, 1.54) is 22.5 Å². The minimum absolute atomic E-state index is 0.0111. The van der Waals surface area contributed by atoms with E-state index in [2.05, 4.69) is 11.9 Å². The van der Waals surface area contributed by atoms with Gasteiger partial charge in [-0.05, 0) is 30.3 Å². The van der Waals surface area contributed by atoms with Crippen molar-refractivity contribution < 1.29 is 22.7 Å². The summed E-state index contributed by atoms with van der Waals surface area (Å²) in [5.41, 5.74) is 0.562. The number of nitrogens with one attached hydrogen (secondary N) is 1. The van der Waals surface area contributed by atoms with E-state index in [0.717, 1.165) is 0 Å². The highest BCUT2D eigenvalue weighted by Gasteiger charge is 2.27. The Kier molecular flexibility index (Phi) is 6.92. The van der Waals surface area contributed by atoms with E-state index in [1.807, 2.05) is 0 Å². The van der Waals surface area contributed by atoms with Crippen LogP contribution in [0.25, 0.3) is 0 Å². The molecule has 1 amide bonds. The summed E-state index contributed by atoms with van der Waals surface area (Å²) in [6.07, 6.45) is 1.62. The lowest BCUT2D eigenvalue weighted by atomic mass is 10.2. The molecule has 2 aromatic rings. The Morgan fingerprint density at radius 2 is 2.00 bits per heavy atom. The van der Waals surface area contributed by atoms with Crippen LogP contribution in [0.3, 0.4) is 0 Å². The van der Waals surface area contributed by atoms with Crippen molar-refractivity contribution in [1.82, 2.24) is 4.31 Å². The van der Waals surface area contributed by atoms with Crippen LogP contribution in [0, 0.1) is 0 Å². The van der Waals surface area contributed by atoms with Crippen molar-refractivity contribution in [2.75, 3.05) is 38.2 Å². The normalized spacial score (nSPS) is 14.9. The number of rotatable bonds is 7. The van der Waals surface area contributed by atoms with Crippen LogP contribution in [0.1, 0.15) is 10.4 Å². The molecule has 3 rings (SSSR count). The first-order chi connectivity index (χ1) is 13.9. The average Bonchev–Trinajstić information content (AvgIpc) is 2.73. The molecular formula is C20H21ClN2O5S. The van der Waals surface area contributed by atoms with Crippen molar-refractivity contribution in [3.05, 3.63) is 65.7 Å². The van der Waals surface area contributed by atoms with Crippen molar-refractivity contribution in [2.24, 2.45) is 0 Å².